The molecular weight excluding hydrogens is 446 g/mol. The van der Waals surface area contributed by atoms with Crippen molar-refractivity contribution in [3.05, 3.63) is 42.0 Å². The highest BCUT2D eigenvalue weighted by molar-refractivity contribution is 5.92. The first-order valence-corrected chi connectivity index (χ1v) is 12.5. The zero-order valence-corrected chi connectivity index (χ0v) is 21.5. The number of hydrogen-bond donors (Lipinski definition) is 3. The van der Waals surface area contributed by atoms with E-state index in [1.807, 2.05) is 31.2 Å². The molecule has 1 saturated carbocycles. The van der Waals surface area contributed by atoms with Gasteiger partial charge in [0.2, 0.25) is 11.8 Å². The number of aliphatic hydroxyl groups is 1. The summed E-state index contributed by atoms with van der Waals surface area (Å²) in [5.41, 5.74) is 0.711. The van der Waals surface area contributed by atoms with Crippen LogP contribution in [0.4, 0.5) is 4.79 Å². The fraction of sp³-hybridized carbons (Fsp3) is 0.593. The number of hydrogen-bond acceptors (Lipinski definition) is 5. The van der Waals surface area contributed by atoms with E-state index in [2.05, 4.69) is 17.2 Å². The average Bonchev–Trinajstić information content (AvgIpc) is 2.81. The van der Waals surface area contributed by atoms with E-state index >= 15 is 0 Å². The van der Waals surface area contributed by atoms with Gasteiger partial charge in [-0.15, -0.1) is 0 Å². The summed E-state index contributed by atoms with van der Waals surface area (Å²) in [6, 6.07) is 5.24. The van der Waals surface area contributed by atoms with Gasteiger partial charge in [0.05, 0.1) is 6.61 Å². The molecule has 0 aromatic heterocycles. The number of ether oxygens (including phenoxy) is 1. The number of carbonyl (C=O) groups excluding carboxylic acids is 3. The van der Waals surface area contributed by atoms with Crippen LogP contribution in [0.3, 0.4) is 0 Å². The highest BCUT2D eigenvalue weighted by atomic mass is 16.6. The predicted molar refractivity (Wildman–Crippen MR) is 137 cm³/mol. The van der Waals surface area contributed by atoms with Crippen LogP contribution in [-0.4, -0.2) is 58.8 Å². The molecule has 2 rings (SSSR count). The lowest BCUT2D eigenvalue weighted by atomic mass is 9.94. The van der Waals surface area contributed by atoms with Crippen molar-refractivity contribution < 1.29 is 24.2 Å². The molecule has 1 fully saturated rings. The average molecular weight is 488 g/mol. The van der Waals surface area contributed by atoms with Gasteiger partial charge in [0, 0.05) is 12.6 Å². The first-order chi connectivity index (χ1) is 16.6. The standard InChI is InChI=1S/C27H41N3O5/c1-6-16-30(25(33)22(18-31)29-26(34)35-27(3,4)5)23(20-13-11-12-19(7-2)17-20)24(32)28-21-14-9-8-10-15-21/h7,11-13,17,21-23,31H,2,6,8-10,14-16,18H2,1,3-5H3,(H,28,32)(H,29,34). The third kappa shape index (κ3) is 8.69. The summed E-state index contributed by atoms with van der Waals surface area (Å²) in [6.45, 7) is 10.5. The van der Waals surface area contributed by atoms with Crippen LogP contribution in [0, 0.1) is 0 Å². The van der Waals surface area contributed by atoms with Gasteiger partial charge in [-0.25, -0.2) is 4.79 Å². The van der Waals surface area contributed by atoms with Crippen LogP contribution in [0.25, 0.3) is 6.08 Å². The maximum Gasteiger partial charge on any atom is 0.408 e. The summed E-state index contributed by atoms with van der Waals surface area (Å²) in [6.07, 6.45) is 6.57. The van der Waals surface area contributed by atoms with Crippen molar-refractivity contribution in [1.29, 1.82) is 0 Å². The Labute approximate surface area is 209 Å². The smallest absolute Gasteiger partial charge is 0.408 e. The van der Waals surface area contributed by atoms with Gasteiger partial charge >= 0.3 is 6.09 Å². The van der Waals surface area contributed by atoms with E-state index < -0.39 is 36.3 Å². The normalized spacial score (nSPS) is 16.0. The Kier molecular flexibility index (Phi) is 10.8. The quantitative estimate of drug-likeness (QED) is 0.463. The second kappa shape index (κ2) is 13.3. The third-order valence-electron chi connectivity index (χ3n) is 5.89. The Bertz CT molecular complexity index is 874. The minimum atomic E-state index is -1.25. The molecule has 0 aliphatic heterocycles. The number of alkyl carbamates (subject to hydrolysis) is 1. The van der Waals surface area contributed by atoms with Gasteiger partial charge in [-0.2, -0.15) is 0 Å². The summed E-state index contributed by atoms with van der Waals surface area (Å²) in [7, 11) is 0. The first kappa shape index (κ1) is 28.4. The number of rotatable bonds is 10. The molecule has 3 amide bonds. The van der Waals surface area contributed by atoms with Gasteiger partial charge in [0.1, 0.15) is 17.7 Å². The molecule has 0 radical (unpaired) electrons. The van der Waals surface area contributed by atoms with Crippen LogP contribution in [0.15, 0.2) is 30.8 Å². The predicted octanol–water partition coefficient (Wildman–Crippen LogP) is 3.94. The molecule has 8 nitrogen and oxygen atoms in total. The SMILES string of the molecule is C=Cc1cccc(C(C(=O)NC2CCCCC2)N(CCC)C(=O)C(CO)NC(=O)OC(C)(C)C)c1. The van der Waals surface area contributed by atoms with Crippen LogP contribution in [-0.2, 0) is 14.3 Å². The Morgan fingerprint density at radius 1 is 1.23 bits per heavy atom. The first-order valence-electron chi connectivity index (χ1n) is 12.5. The number of benzene rings is 1. The van der Waals surface area contributed by atoms with Crippen molar-refractivity contribution in [2.45, 2.75) is 89.9 Å². The minimum absolute atomic E-state index is 0.0634. The van der Waals surface area contributed by atoms with Crippen molar-refractivity contribution in [3.8, 4) is 0 Å². The molecule has 2 unspecified atom stereocenters. The lowest BCUT2D eigenvalue weighted by molar-refractivity contribution is -0.143. The maximum absolute atomic E-state index is 13.6. The van der Waals surface area contributed by atoms with Gasteiger partial charge < -0.3 is 25.4 Å². The molecule has 0 saturated heterocycles. The van der Waals surface area contributed by atoms with Gasteiger partial charge in [0.15, 0.2) is 0 Å². The molecule has 8 heteroatoms. The van der Waals surface area contributed by atoms with E-state index in [1.54, 1.807) is 26.8 Å². The molecule has 194 valence electrons. The molecule has 1 aliphatic carbocycles. The lowest BCUT2D eigenvalue weighted by Gasteiger charge is -2.35. The molecule has 0 spiro atoms. The second-order valence-corrected chi connectivity index (χ2v) is 10.0. The van der Waals surface area contributed by atoms with Crippen molar-refractivity contribution >= 4 is 24.0 Å². The zero-order chi connectivity index (χ0) is 26.0. The molecule has 0 bridgehead atoms. The molecule has 35 heavy (non-hydrogen) atoms. The molecule has 2 atom stereocenters. The van der Waals surface area contributed by atoms with E-state index in [-0.39, 0.29) is 18.5 Å². The van der Waals surface area contributed by atoms with Crippen molar-refractivity contribution in [2.24, 2.45) is 0 Å². The summed E-state index contributed by atoms with van der Waals surface area (Å²) in [5, 5.41) is 15.6. The Balaban J connectivity index is 2.38. The van der Waals surface area contributed by atoms with Gasteiger partial charge in [-0.3, -0.25) is 9.59 Å². The lowest BCUT2D eigenvalue weighted by Crippen LogP contribution is -2.55. The van der Waals surface area contributed by atoms with Crippen LogP contribution in [0.2, 0.25) is 0 Å². The third-order valence-corrected chi connectivity index (χ3v) is 5.89. The summed E-state index contributed by atoms with van der Waals surface area (Å²) >= 11 is 0. The van der Waals surface area contributed by atoms with E-state index in [0.717, 1.165) is 37.7 Å². The maximum atomic E-state index is 13.6. The molecule has 1 aromatic rings. The molecule has 1 aromatic carbocycles. The van der Waals surface area contributed by atoms with Gasteiger partial charge in [0.25, 0.3) is 0 Å². The number of amides is 3. The molecule has 1 aliphatic rings. The van der Waals surface area contributed by atoms with Crippen molar-refractivity contribution in [3.63, 3.8) is 0 Å². The summed E-state index contributed by atoms with van der Waals surface area (Å²) in [4.78, 5) is 41.0. The van der Waals surface area contributed by atoms with E-state index in [4.69, 9.17) is 4.74 Å². The minimum Gasteiger partial charge on any atom is -0.444 e. The largest absolute Gasteiger partial charge is 0.444 e. The van der Waals surface area contributed by atoms with E-state index in [9.17, 15) is 19.5 Å². The molecule has 0 heterocycles. The topological polar surface area (TPSA) is 108 Å². The van der Waals surface area contributed by atoms with Crippen LogP contribution < -0.4 is 10.6 Å². The number of aliphatic hydroxyl groups excluding tert-OH is 1. The van der Waals surface area contributed by atoms with Crippen molar-refractivity contribution in [1.82, 2.24) is 15.5 Å². The number of carbonyl (C=O) groups is 3. The fourth-order valence-corrected chi connectivity index (χ4v) is 4.30. The Hall–Kier alpha value is -2.87. The second-order valence-electron chi connectivity index (χ2n) is 10.0. The van der Waals surface area contributed by atoms with Crippen molar-refractivity contribution in [2.75, 3.05) is 13.2 Å². The van der Waals surface area contributed by atoms with E-state index in [1.165, 1.54) is 4.90 Å². The summed E-state index contributed by atoms with van der Waals surface area (Å²) < 4.78 is 5.26. The number of nitrogens with zero attached hydrogens (tertiary/aromatic N) is 1. The van der Waals surface area contributed by atoms with Crippen LogP contribution in [0.5, 0.6) is 0 Å². The highest BCUT2D eigenvalue weighted by Gasteiger charge is 2.36. The van der Waals surface area contributed by atoms with E-state index in [0.29, 0.717) is 12.0 Å². The Morgan fingerprint density at radius 3 is 2.49 bits per heavy atom. The molecule has 3 N–H and O–H groups in total. The summed E-state index contributed by atoms with van der Waals surface area (Å²) in [5.74, 6) is -0.818. The Morgan fingerprint density at radius 2 is 1.91 bits per heavy atom. The van der Waals surface area contributed by atoms with Gasteiger partial charge in [-0.05, 0) is 57.2 Å². The fourth-order valence-electron chi connectivity index (χ4n) is 4.30. The monoisotopic (exact) mass is 487 g/mol. The zero-order valence-electron chi connectivity index (χ0n) is 21.5. The highest BCUT2D eigenvalue weighted by Crippen LogP contribution is 2.26. The van der Waals surface area contributed by atoms with Crippen LogP contribution in [0.1, 0.15) is 83.4 Å². The number of nitrogens with one attached hydrogen (secondary N) is 2. The van der Waals surface area contributed by atoms with Crippen LogP contribution >= 0.6 is 0 Å². The molecular formula is C27H41N3O5. The van der Waals surface area contributed by atoms with Gasteiger partial charge in [-0.1, -0.05) is 57.0 Å².